The Kier molecular flexibility index (Phi) is 5.19. The van der Waals surface area contributed by atoms with Crippen LogP contribution in [0.4, 0.5) is 17.1 Å². The number of nitrogens with zero attached hydrogens (tertiary/aromatic N) is 4. The summed E-state index contributed by atoms with van der Waals surface area (Å²) in [6.45, 7) is 2.48. The highest BCUT2D eigenvalue weighted by Gasteiger charge is 2.38. The van der Waals surface area contributed by atoms with E-state index in [2.05, 4.69) is 17.0 Å². The number of fused-ring (bicyclic) bond motifs is 4. The van der Waals surface area contributed by atoms with Gasteiger partial charge in [-0.1, -0.05) is 30.0 Å². The van der Waals surface area contributed by atoms with Crippen molar-refractivity contribution in [2.45, 2.75) is 18.2 Å². The molecule has 0 bridgehead atoms. The summed E-state index contributed by atoms with van der Waals surface area (Å²) >= 11 is 3.03. The molecule has 0 radical (unpaired) electrons. The second-order valence-electron chi connectivity index (χ2n) is 8.43. The van der Waals surface area contributed by atoms with Crippen molar-refractivity contribution < 1.29 is 9.72 Å². The van der Waals surface area contributed by atoms with Crippen LogP contribution in [0.1, 0.15) is 18.1 Å². The molecule has 2 aliphatic heterocycles. The van der Waals surface area contributed by atoms with Crippen molar-refractivity contribution in [3.05, 3.63) is 91.8 Å². The molecule has 0 spiro atoms. The predicted octanol–water partition coefficient (Wildman–Crippen LogP) is 6.16. The van der Waals surface area contributed by atoms with E-state index in [-0.39, 0.29) is 16.5 Å². The van der Waals surface area contributed by atoms with Crippen LogP contribution < -0.4 is 4.90 Å². The van der Waals surface area contributed by atoms with Crippen LogP contribution in [-0.4, -0.2) is 34.5 Å². The maximum absolute atomic E-state index is 13.3. The summed E-state index contributed by atoms with van der Waals surface area (Å²) in [5.41, 5.74) is 6.10. The quantitative estimate of drug-likeness (QED) is 0.190. The van der Waals surface area contributed by atoms with Crippen molar-refractivity contribution in [3.63, 3.8) is 0 Å². The summed E-state index contributed by atoms with van der Waals surface area (Å²) in [5.74, 6) is -0.0284. The van der Waals surface area contributed by atoms with Gasteiger partial charge in [-0.05, 0) is 77.7 Å². The summed E-state index contributed by atoms with van der Waals surface area (Å²) in [6, 6.07) is 19.1. The Bertz CT molecular complexity index is 1500. The molecule has 174 valence electrons. The van der Waals surface area contributed by atoms with Gasteiger partial charge in [-0.25, -0.2) is 4.99 Å². The number of carbonyl (C=O) groups excluding carboxylic acids is 1. The maximum Gasteiger partial charge on any atom is 0.269 e. The minimum atomic E-state index is -0.362. The van der Waals surface area contributed by atoms with E-state index in [9.17, 15) is 14.9 Å². The van der Waals surface area contributed by atoms with Gasteiger partial charge in [0, 0.05) is 30.6 Å². The van der Waals surface area contributed by atoms with Gasteiger partial charge in [-0.3, -0.25) is 19.8 Å². The number of hydrogen-bond donors (Lipinski definition) is 0. The second-order valence-corrected chi connectivity index (χ2v) is 10.4. The highest BCUT2D eigenvalue weighted by atomic mass is 32.2. The number of amidine groups is 1. The Morgan fingerprint density at radius 1 is 1.03 bits per heavy atom. The van der Waals surface area contributed by atoms with Crippen LogP contribution in [0.15, 0.2) is 80.5 Å². The fourth-order valence-electron chi connectivity index (χ4n) is 4.67. The molecule has 0 N–H and O–H groups in total. The monoisotopic (exact) mass is 500 g/mol. The number of likely N-dealkylation sites (N-methyl/N-ethyl adjacent to an activating group) is 1. The van der Waals surface area contributed by atoms with Crippen molar-refractivity contribution in [1.29, 1.82) is 0 Å². The molecule has 35 heavy (non-hydrogen) atoms. The van der Waals surface area contributed by atoms with E-state index in [0.717, 1.165) is 43.6 Å². The summed E-state index contributed by atoms with van der Waals surface area (Å²) in [6.07, 6.45) is 0.629. The molecule has 1 amide bonds. The van der Waals surface area contributed by atoms with Gasteiger partial charge in [-0.2, -0.15) is 0 Å². The molecular formula is C26H20N4O3S2. The Labute approximate surface area is 210 Å². The molecule has 3 aromatic carbocycles. The molecule has 1 saturated heterocycles. The van der Waals surface area contributed by atoms with E-state index in [1.807, 2.05) is 50.4 Å². The molecule has 0 aromatic heterocycles. The van der Waals surface area contributed by atoms with Gasteiger partial charge >= 0.3 is 0 Å². The Hall–Kier alpha value is -3.56. The van der Waals surface area contributed by atoms with Crippen LogP contribution in [0.2, 0.25) is 0 Å². The van der Waals surface area contributed by atoms with Crippen LogP contribution in [-0.2, 0) is 11.2 Å². The molecule has 0 atom stereocenters. The van der Waals surface area contributed by atoms with Gasteiger partial charge in [-0.15, -0.1) is 0 Å². The molecule has 0 saturated carbocycles. The summed E-state index contributed by atoms with van der Waals surface area (Å²) in [7, 11) is 1.99. The van der Waals surface area contributed by atoms with Crippen molar-refractivity contribution >= 4 is 51.7 Å². The van der Waals surface area contributed by atoms with E-state index in [1.54, 1.807) is 28.8 Å². The number of amides is 1. The van der Waals surface area contributed by atoms with Crippen molar-refractivity contribution in [2.75, 3.05) is 18.5 Å². The fraction of sp³-hybridized carbons (Fsp3) is 0.154. The highest BCUT2D eigenvalue weighted by molar-refractivity contribution is 8.19. The summed E-state index contributed by atoms with van der Waals surface area (Å²) in [4.78, 5) is 34.6. The molecule has 3 aromatic rings. The van der Waals surface area contributed by atoms with Crippen LogP contribution in [0.25, 0.3) is 11.1 Å². The number of aliphatic imine (C=N–C) groups is 1. The summed E-state index contributed by atoms with van der Waals surface area (Å²) in [5, 5.41) is 12.7. The Morgan fingerprint density at radius 3 is 2.51 bits per heavy atom. The van der Waals surface area contributed by atoms with Crippen LogP contribution >= 0.6 is 23.5 Å². The van der Waals surface area contributed by atoms with Gasteiger partial charge in [0.2, 0.25) is 0 Å². The molecular weight excluding hydrogens is 480 g/mol. The average Bonchev–Trinajstić information content (AvgIpc) is 3.49. The molecule has 3 aliphatic rings. The largest absolute Gasteiger partial charge is 0.337 e. The summed E-state index contributed by atoms with van der Waals surface area (Å²) < 4.78 is 0. The second kappa shape index (κ2) is 8.28. The average molecular weight is 501 g/mol. The number of non-ortho nitro benzene ring substituents is 1. The Morgan fingerprint density at radius 2 is 1.77 bits per heavy atom. The van der Waals surface area contributed by atoms with Gasteiger partial charge in [0.05, 0.1) is 21.3 Å². The van der Waals surface area contributed by atoms with Gasteiger partial charge in [0.1, 0.15) is 4.91 Å². The third-order valence-electron chi connectivity index (χ3n) is 6.40. The molecule has 1 fully saturated rings. The van der Waals surface area contributed by atoms with Crippen molar-refractivity contribution in [2.24, 2.45) is 4.99 Å². The third kappa shape index (κ3) is 3.54. The first-order chi connectivity index (χ1) is 16.9. The van der Waals surface area contributed by atoms with Crippen molar-refractivity contribution in [3.8, 4) is 11.1 Å². The lowest BCUT2D eigenvalue weighted by Gasteiger charge is -2.15. The van der Waals surface area contributed by atoms with Gasteiger partial charge in [0.15, 0.2) is 5.17 Å². The lowest BCUT2D eigenvalue weighted by atomic mass is 10.1. The number of carbonyl (C=O) groups is 1. The molecule has 1 aliphatic carbocycles. The zero-order chi connectivity index (χ0) is 24.3. The zero-order valence-corrected chi connectivity index (χ0v) is 20.7. The maximum atomic E-state index is 13.3. The van der Waals surface area contributed by atoms with Crippen LogP contribution in [0.5, 0.6) is 0 Å². The number of para-hydroxylation sites is 1. The van der Waals surface area contributed by atoms with Gasteiger partial charge < -0.3 is 4.90 Å². The predicted molar refractivity (Wildman–Crippen MR) is 141 cm³/mol. The SMILES string of the molecule is CCN1C(=O)/C(=C2/Sc3ccccc3N2C)SC1=Nc1ccc2c(c1)Cc1cc([N+](=O)[O-])ccc1-2. The molecule has 6 rings (SSSR count). The number of nitro benzene ring substituents is 1. The third-order valence-corrected chi connectivity index (χ3v) is 8.83. The minimum absolute atomic E-state index is 0.0284. The number of rotatable bonds is 3. The first kappa shape index (κ1) is 21.9. The highest BCUT2D eigenvalue weighted by Crippen LogP contribution is 2.50. The van der Waals surface area contributed by atoms with E-state index >= 15 is 0 Å². The van der Waals surface area contributed by atoms with E-state index in [1.165, 1.54) is 11.8 Å². The number of nitro groups is 1. The number of anilines is 1. The zero-order valence-electron chi connectivity index (χ0n) is 19.0. The topological polar surface area (TPSA) is 79.0 Å². The number of benzene rings is 3. The molecule has 7 nitrogen and oxygen atoms in total. The molecule has 2 heterocycles. The fourth-order valence-corrected chi connectivity index (χ4v) is 7.08. The smallest absolute Gasteiger partial charge is 0.269 e. The first-order valence-electron chi connectivity index (χ1n) is 11.2. The van der Waals surface area contributed by atoms with E-state index in [4.69, 9.17) is 4.99 Å². The standard InChI is InChI=1S/C26H20N4O3S2/c1-3-29-24(31)23(25-28(2)21-6-4-5-7-22(21)34-25)35-26(29)27-17-8-10-19-15(13-17)12-16-14-18(30(32)33)9-11-20(16)19/h4-11,13-14H,3,12H2,1-2H3/b25-23-,27-26?. The Balaban J connectivity index is 1.33. The van der Waals surface area contributed by atoms with E-state index in [0.29, 0.717) is 23.0 Å². The normalized spacial score (nSPS) is 19.4. The lowest BCUT2D eigenvalue weighted by molar-refractivity contribution is -0.384. The first-order valence-corrected chi connectivity index (χ1v) is 12.8. The number of hydrogen-bond acceptors (Lipinski definition) is 7. The van der Waals surface area contributed by atoms with Gasteiger partial charge in [0.25, 0.3) is 11.6 Å². The van der Waals surface area contributed by atoms with Crippen molar-refractivity contribution in [1.82, 2.24) is 4.90 Å². The van der Waals surface area contributed by atoms with Crippen LogP contribution in [0.3, 0.4) is 0 Å². The van der Waals surface area contributed by atoms with E-state index < -0.39 is 0 Å². The lowest BCUT2D eigenvalue weighted by Crippen LogP contribution is -2.29. The minimum Gasteiger partial charge on any atom is -0.337 e. The number of thioether (sulfide) groups is 2. The molecule has 9 heteroatoms. The van der Waals surface area contributed by atoms with Crippen LogP contribution in [0, 0.1) is 10.1 Å². The molecule has 0 unspecified atom stereocenters.